The molecule has 1 spiro atoms. The largest absolute Gasteiger partial charge is 0.469 e. The minimum atomic E-state index is -0.774. The van der Waals surface area contributed by atoms with Crippen LogP contribution in [0.25, 0.3) is 0 Å². The van der Waals surface area contributed by atoms with Crippen LogP contribution >= 0.6 is 0 Å². The molecule has 0 N–H and O–H groups in total. The molecule has 2 unspecified atom stereocenters. The Morgan fingerprint density at radius 2 is 1.90 bits per heavy atom. The zero-order valence-electron chi connectivity index (χ0n) is 18.5. The van der Waals surface area contributed by atoms with E-state index in [1.165, 1.54) is 7.11 Å². The van der Waals surface area contributed by atoms with Gasteiger partial charge in [0.05, 0.1) is 12.5 Å². The van der Waals surface area contributed by atoms with Gasteiger partial charge in [-0.25, -0.2) is 0 Å². The zero-order chi connectivity index (χ0) is 22.2. The van der Waals surface area contributed by atoms with Crippen LogP contribution in [0.5, 0.6) is 0 Å². The van der Waals surface area contributed by atoms with Gasteiger partial charge in [0.1, 0.15) is 5.60 Å². The van der Waals surface area contributed by atoms with Gasteiger partial charge < -0.3 is 9.47 Å². The van der Waals surface area contributed by atoms with Crippen LogP contribution in [0.3, 0.4) is 0 Å². The SMILES string of the molecule is COC(=O)C[C@@H]1CC2=CC(=O)CC[C@]2(C)C2=CC(=O)[C@@]3(C)C(CC[C@@]34CCC(=O)O4)C21. The average molecular weight is 427 g/mol. The number of carbonyl (C=O) groups excluding carboxylic acids is 4. The third-order valence-electron chi connectivity index (χ3n) is 9.38. The number of allylic oxidation sites excluding steroid dienone is 4. The van der Waals surface area contributed by atoms with Crippen LogP contribution in [0.2, 0.25) is 0 Å². The summed E-state index contributed by atoms with van der Waals surface area (Å²) in [4.78, 5) is 50.3. The Labute approximate surface area is 182 Å². The molecule has 0 bridgehead atoms. The Kier molecular flexibility index (Phi) is 4.42. The molecular formula is C25H30O6. The van der Waals surface area contributed by atoms with E-state index in [0.717, 1.165) is 17.6 Å². The van der Waals surface area contributed by atoms with Crippen molar-refractivity contribution in [2.24, 2.45) is 28.6 Å². The van der Waals surface area contributed by atoms with Gasteiger partial charge in [0.15, 0.2) is 11.6 Å². The molecule has 31 heavy (non-hydrogen) atoms. The molecular weight excluding hydrogens is 396 g/mol. The van der Waals surface area contributed by atoms with Crippen molar-refractivity contribution in [2.75, 3.05) is 7.11 Å². The highest BCUT2D eigenvalue weighted by Crippen LogP contribution is 2.68. The topological polar surface area (TPSA) is 86.7 Å². The predicted octanol–water partition coefficient (Wildman–Crippen LogP) is 3.48. The van der Waals surface area contributed by atoms with E-state index < -0.39 is 11.0 Å². The van der Waals surface area contributed by atoms with E-state index in [-0.39, 0.29) is 53.1 Å². The quantitative estimate of drug-likeness (QED) is 0.629. The summed E-state index contributed by atoms with van der Waals surface area (Å²) in [5.41, 5.74) is 0.272. The molecule has 0 aromatic carbocycles. The van der Waals surface area contributed by atoms with Gasteiger partial charge in [0.2, 0.25) is 0 Å². The van der Waals surface area contributed by atoms with E-state index in [9.17, 15) is 19.2 Å². The molecule has 0 radical (unpaired) electrons. The predicted molar refractivity (Wildman–Crippen MR) is 111 cm³/mol. The highest BCUT2D eigenvalue weighted by molar-refractivity contribution is 5.99. The second kappa shape index (κ2) is 6.63. The molecule has 166 valence electrons. The van der Waals surface area contributed by atoms with Gasteiger partial charge in [-0.1, -0.05) is 18.1 Å². The monoisotopic (exact) mass is 426 g/mol. The summed E-state index contributed by atoms with van der Waals surface area (Å²) in [6.45, 7) is 4.13. The number of hydrogen-bond acceptors (Lipinski definition) is 6. The van der Waals surface area contributed by atoms with Gasteiger partial charge in [0, 0.05) is 24.7 Å². The summed E-state index contributed by atoms with van der Waals surface area (Å²) in [7, 11) is 1.40. The standard InChI is InChI=1S/C25H30O6/c1-23-7-4-16(26)12-15(23)10-14(11-21(29)30-3)22-17-5-8-25(9-6-20(28)31-25)24(17,2)19(27)13-18(22)23/h12-14,17,22H,4-11H2,1-3H3/t14-,17?,22?,23-,24+,25+/m0/s1. The fourth-order valence-corrected chi connectivity index (χ4v) is 7.58. The van der Waals surface area contributed by atoms with E-state index >= 15 is 0 Å². The summed E-state index contributed by atoms with van der Waals surface area (Å²) < 4.78 is 10.9. The van der Waals surface area contributed by atoms with E-state index in [0.29, 0.717) is 38.5 Å². The molecule has 0 amide bonds. The number of carbonyl (C=O) groups is 4. The fraction of sp³-hybridized carbons (Fsp3) is 0.680. The molecule has 5 rings (SSSR count). The molecule has 6 atom stereocenters. The molecule has 3 fully saturated rings. The second-order valence-electron chi connectivity index (χ2n) is 10.5. The molecule has 1 saturated heterocycles. The minimum absolute atomic E-state index is 0.0107. The molecule has 1 heterocycles. The number of hydrogen-bond donors (Lipinski definition) is 0. The van der Waals surface area contributed by atoms with Crippen LogP contribution in [-0.2, 0) is 28.7 Å². The fourth-order valence-electron chi connectivity index (χ4n) is 7.58. The summed E-state index contributed by atoms with van der Waals surface area (Å²) in [6, 6.07) is 0. The lowest BCUT2D eigenvalue weighted by Gasteiger charge is -2.56. The maximum atomic E-state index is 13.7. The Morgan fingerprint density at radius 1 is 1.13 bits per heavy atom. The number of ketones is 2. The lowest BCUT2D eigenvalue weighted by molar-refractivity contribution is -0.165. The van der Waals surface area contributed by atoms with Crippen molar-refractivity contribution >= 4 is 23.5 Å². The number of rotatable bonds is 2. The van der Waals surface area contributed by atoms with E-state index in [1.807, 2.05) is 6.92 Å². The van der Waals surface area contributed by atoms with Gasteiger partial charge in [-0.2, -0.15) is 0 Å². The number of esters is 2. The first-order valence-corrected chi connectivity index (χ1v) is 11.4. The highest BCUT2D eigenvalue weighted by Gasteiger charge is 2.70. The van der Waals surface area contributed by atoms with Crippen LogP contribution in [-0.4, -0.2) is 36.2 Å². The smallest absolute Gasteiger partial charge is 0.306 e. The summed E-state index contributed by atoms with van der Waals surface area (Å²) in [5.74, 6) is -0.322. The maximum Gasteiger partial charge on any atom is 0.306 e. The first kappa shape index (κ1) is 20.7. The average Bonchev–Trinajstić information content (AvgIpc) is 3.25. The first-order chi connectivity index (χ1) is 14.6. The van der Waals surface area contributed by atoms with Crippen LogP contribution < -0.4 is 0 Å². The van der Waals surface area contributed by atoms with Gasteiger partial charge in [-0.3, -0.25) is 19.2 Å². The van der Waals surface area contributed by atoms with Crippen LogP contribution in [0.15, 0.2) is 23.3 Å². The summed E-state index contributed by atoms with van der Waals surface area (Å²) in [6.07, 6.45) is 8.06. The molecule has 5 aliphatic rings. The molecule has 0 aromatic rings. The first-order valence-electron chi connectivity index (χ1n) is 11.4. The Balaban J connectivity index is 1.65. The Bertz CT molecular complexity index is 959. The van der Waals surface area contributed by atoms with Crippen LogP contribution in [0.4, 0.5) is 0 Å². The van der Waals surface area contributed by atoms with E-state index in [2.05, 4.69) is 6.92 Å². The minimum Gasteiger partial charge on any atom is -0.469 e. The second-order valence-corrected chi connectivity index (χ2v) is 10.5. The normalized spacial score (nSPS) is 43.6. The van der Waals surface area contributed by atoms with E-state index in [4.69, 9.17) is 9.47 Å². The molecule has 6 nitrogen and oxygen atoms in total. The number of methoxy groups -OCH3 is 1. The van der Waals surface area contributed by atoms with E-state index in [1.54, 1.807) is 12.2 Å². The van der Waals surface area contributed by atoms with Crippen LogP contribution in [0.1, 0.15) is 65.2 Å². The van der Waals surface area contributed by atoms with Crippen molar-refractivity contribution in [3.05, 3.63) is 23.3 Å². The molecule has 2 saturated carbocycles. The van der Waals surface area contributed by atoms with Crippen molar-refractivity contribution in [1.82, 2.24) is 0 Å². The van der Waals surface area contributed by atoms with Crippen molar-refractivity contribution in [3.8, 4) is 0 Å². The van der Waals surface area contributed by atoms with Crippen molar-refractivity contribution in [1.29, 1.82) is 0 Å². The van der Waals surface area contributed by atoms with Gasteiger partial charge in [-0.15, -0.1) is 0 Å². The maximum absolute atomic E-state index is 13.7. The van der Waals surface area contributed by atoms with Gasteiger partial charge >= 0.3 is 11.9 Å². The van der Waals surface area contributed by atoms with Gasteiger partial charge in [-0.05, 0) is 68.9 Å². The summed E-state index contributed by atoms with van der Waals surface area (Å²) in [5, 5.41) is 0. The number of ether oxygens (including phenoxy) is 2. The third kappa shape index (κ3) is 2.63. The Hall–Kier alpha value is -2.24. The molecule has 0 aromatic heterocycles. The highest BCUT2D eigenvalue weighted by atomic mass is 16.6. The van der Waals surface area contributed by atoms with Crippen molar-refractivity contribution < 1.29 is 28.7 Å². The zero-order valence-corrected chi connectivity index (χ0v) is 18.5. The lowest BCUT2D eigenvalue weighted by Crippen LogP contribution is -2.57. The van der Waals surface area contributed by atoms with Gasteiger partial charge in [0.25, 0.3) is 0 Å². The Morgan fingerprint density at radius 3 is 2.58 bits per heavy atom. The van der Waals surface area contributed by atoms with Crippen LogP contribution in [0, 0.1) is 28.6 Å². The third-order valence-corrected chi connectivity index (χ3v) is 9.38. The molecule has 1 aliphatic heterocycles. The summed E-state index contributed by atoms with van der Waals surface area (Å²) >= 11 is 0. The lowest BCUT2D eigenvalue weighted by atomic mass is 9.47. The molecule has 6 heteroatoms. The van der Waals surface area contributed by atoms with Crippen molar-refractivity contribution in [3.63, 3.8) is 0 Å². The molecule has 4 aliphatic carbocycles. The van der Waals surface area contributed by atoms with Crippen molar-refractivity contribution in [2.45, 2.75) is 70.8 Å². The number of fused-ring (bicyclic) bond motifs is 6.